The summed E-state index contributed by atoms with van der Waals surface area (Å²) in [4.78, 5) is 29.0. The third kappa shape index (κ3) is 4.64. The van der Waals surface area contributed by atoms with Crippen LogP contribution in [-0.4, -0.2) is 44.9 Å². The number of carbonyl (C=O) groups excluding carboxylic acids is 2. The van der Waals surface area contributed by atoms with Gasteiger partial charge in [0.1, 0.15) is 5.82 Å². The number of amides is 2. The average Bonchev–Trinajstić information content (AvgIpc) is 3.26. The van der Waals surface area contributed by atoms with Gasteiger partial charge in [0, 0.05) is 17.4 Å². The van der Waals surface area contributed by atoms with Crippen LogP contribution in [0.4, 0.5) is 11.5 Å². The third-order valence-electron chi connectivity index (χ3n) is 4.71. The minimum absolute atomic E-state index is 0.242. The van der Waals surface area contributed by atoms with E-state index in [1.165, 1.54) is 0 Å². The van der Waals surface area contributed by atoms with E-state index in [0.29, 0.717) is 17.1 Å². The van der Waals surface area contributed by atoms with Gasteiger partial charge in [-0.05, 0) is 56.3 Å². The first kappa shape index (κ1) is 18.8. The minimum Gasteiger partial charge on any atom is -0.321 e. The summed E-state index contributed by atoms with van der Waals surface area (Å²) in [6.45, 7) is 1.86. The molecular formula is C20H21N7O2. The number of benzene rings is 1. The van der Waals surface area contributed by atoms with E-state index in [0.717, 1.165) is 25.9 Å². The lowest BCUT2D eigenvalue weighted by Crippen LogP contribution is -2.29. The van der Waals surface area contributed by atoms with Gasteiger partial charge in [-0.3, -0.25) is 9.59 Å². The average molecular weight is 391 g/mol. The molecule has 1 saturated heterocycles. The molecule has 1 aliphatic rings. The molecule has 0 aliphatic carbocycles. The molecule has 2 amide bonds. The van der Waals surface area contributed by atoms with Crippen LogP contribution in [-0.2, 0) is 0 Å². The van der Waals surface area contributed by atoms with Crippen molar-refractivity contribution < 1.29 is 9.59 Å². The van der Waals surface area contributed by atoms with Gasteiger partial charge in [-0.15, -0.1) is 5.10 Å². The van der Waals surface area contributed by atoms with Gasteiger partial charge in [-0.2, -0.15) is 0 Å². The van der Waals surface area contributed by atoms with Gasteiger partial charge in [0.25, 0.3) is 11.8 Å². The largest absolute Gasteiger partial charge is 0.321 e. The Kier molecular flexibility index (Phi) is 5.57. The second-order valence-electron chi connectivity index (χ2n) is 6.77. The maximum absolute atomic E-state index is 12.5. The molecule has 0 unspecified atom stereocenters. The second-order valence-corrected chi connectivity index (χ2v) is 6.77. The van der Waals surface area contributed by atoms with Gasteiger partial charge in [0.15, 0.2) is 5.69 Å². The summed E-state index contributed by atoms with van der Waals surface area (Å²) in [5, 5.41) is 16.9. The molecule has 0 radical (unpaired) electrons. The van der Waals surface area contributed by atoms with Crippen molar-refractivity contribution in [3.05, 3.63) is 66.1 Å². The van der Waals surface area contributed by atoms with Crippen LogP contribution < -0.4 is 16.0 Å². The van der Waals surface area contributed by atoms with Gasteiger partial charge in [-0.25, -0.2) is 9.67 Å². The Morgan fingerprint density at radius 3 is 2.69 bits per heavy atom. The zero-order chi connectivity index (χ0) is 20.1. The molecule has 0 saturated carbocycles. The Hall–Kier alpha value is -3.59. The number of nitrogens with zero attached hydrogens (tertiary/aromatic N) is 4. The molecule has 4 rings (SSSR count). The predicted molar refractivity (Wildman–Crippen MR) is 108 cm³/mol. The van der Waals surface area contributed by atoms with Crippen molar-refractivity contribution in [1.82, 2.24) is 25.3 Å². The summed E-state index contributed by atoms with van der Waals surface area (Å²) in [6.07, 6.45) is 5.18. The maximum atomic E-state index is 12.5. The Morgan fingerprint density at radius 2 is 1.90 bits per heavy atom. The van der Waals surface area contributed by atoms with E-state index in [1.54, 1.807) is 59.5 Å². The standard InChI is InChI=1S/C20H21N7O2/c28-19(24-18-6-1-2-9-22-18)14-4-3-5-15(12-14)23-20(29)17-13-27(26-25-17)16-7-10-21-11-8-16/h1-6,9,12-13,16,21H,7-8,10-11H2,(H,23,29)(H,22,24,28). The summed E-state index contributed by atoms with van der Waals surface area (Å²) in [5.74, 6) is -0.217. The number of anilines is 2. The Labute approximate surface area is 167 Å². The zero-order valence-corrected chi connectivity index (χ0v) is 15.7. The van der Waals surface area contributed by atoms with Crippen LogP contribution in [0.3, 0.4) is 0 Å². The second kappa shape index (κ2) is 8.61. The molecule has 0 spiro atoms. The number of hydrogen-bond acceptors (Lipinski definition) is 6. The van der Waals surface area contributed by atoms with E-state index in [9.17, 15) is 9.59 Å². The van der Waals surface area contributed by atoms with E-state index >= 15 is 0 Å². The molecule has 3 aromatic rings. The topological polar surface area (TPSA) is 114 Å². The van der Waals surface area contributed by atoms with Gasteiger partial charge in [0.05, 0.1) is 12.2 Å². The van der Waals surface area contributed by atoms with Crippen LogP contribution in [0.2, 0.25) is 0 Å². The molecule has 3 N–H and O–H groups in total. The number of rotatable bonds is 5. The highest BCUT2D eigenvalue weighted by Gasteiger charge is 2.19. The molecule has 29 heavy (non-hydrogen) atoms. The molecule has 1 aliphatic heterocycles. The van der Waals surface area contributed by atoms with Crippen LogP contribution in [0.25, 0.3) is 0 Å². The van der Waals surface area contributed by atoms with Gasteiger partial charge < -0.3 is 16.0 Å². The van der Waals surface area contributed by atoms with Gasteiger partial charge in [-0.1, -0.05) is 17.3 Å². The lowest BCUT2D eigenvalue weighted by atomic mass is 10.1. The molecule has 0 atom stereocenters. The van der Waals surface area contributed by atoms with Crippen molar-refractivity contribution in [1.29, 1.82) is 0 Å². The molecular weight excluding hydrogens is 370 g/mol. The van der Waals surface area contributed by atoms with Crippen molar-refractivity contribution in [3.63, 3.8) is 0 Å². The summed E-state index contributed by atoms with van der Waals surface area (Å²) in [7, 11) is 0. The zero-order valence-electron chi connectivity index (χ0n) is 15.7. The van der Waals surface area contributed by atoms with E-state index in [1.807, 2.05) is 0 Å². The first-order chi connectivity index (χ1) is 14.2. The van der Waals surface area contributed by atoms with Crippen LogP contribution in [0.5, 0.6) is 0 Å². The predicted octanol–water partition coefficient (Wildman–Crippen LogP) is 2.10. The SMILES string of the molecule is O=C(Nc1ccccn1)c1cccc(NC(=O)c2cn(C3CCNCC3)nn2)c1. The van der Waals surface area contributed by atoms with Gasteiger partial charge >= 0.3 is 0 Å². The molecule has 1 aromatic carbocycles. The highest BCUT2D eigenvalue weighted by atomic mass is 16.2. The number of nitrogens with one attached hydrogen (secondary N) is 3. The molecule has 148 valence electrons. The normalized spacial score (nSPS) is 14.3. The number of aromatic nitrogens is 4. The smallest absolute Gasteiger partial charge is 0.277 e. The van der Waals surface area contributed by atoms with E-state index in [-0.39, 0.29) is 23.6 Å². The first-order valence-electron chi connectivity index (χ1n) is 9.45. The fraction of sp³-hybridized carbons (Fsp3) is 0.250. The van der Waals surface area contributed by atoms with Crippen LogP contribution in [0.15, 0.2) is 54.9 Å². The summed E-state index contributed by atoms with van der Waals surface area (Å²) in [6, 6.07) is 12.2. The quantitative estimate of drug-likeness (QED) is 0.614. The molecule has 1 fully saturated rings. The fourth-order valence-electron chi connectivity index (χ4n) is 3.19. The Balaban J connectivity index is 1.41. The monoisotopic (exact) mass is 391 g/mol. The summed E-state index contributed by atoms with van der Waals surface area (Å²) < 4.78 is 1.76. The third-order valence-corrected chi connectivity index (χ3v) is 4.71. The molecule has 3 heterocycles. The highest BCUT2D eigenvalue weighted by molar-refractivity contribution is 6.06. The first-order valence-corrected chi connectivity index (χ1v) is 9.45. The van der Waals surface area contributed by atoms with Crippen LogP contribution >= 0.6 is 0 Å². The van der Waals surface area contributed by atoms with Crippen molar-refractivity contribution >= 4 is 23.3 Å². The molecule has 0 bridgehead atoms. The summed E-state index contributed by atoms with van der Waals surface area (Å²) >= 11 is 0. The lowest BCUT2D eigenvalue weighted by Gasteiger charge is -2.22. The number of piperidine rings is 1. The number of pyridine rings is 1. The van der Waals surface area contributed by atoms with Crippen molar-refractivity contribution in [2.45, 2.75) is 18.9 Å². The maximum Gasteiger partial charge on any atom is 0.277 e. The molecule has 9 heteroatoms. The number of hydrogen-bond donors (Lipinski definition) is 3. The van der Waals surface area contributed by atoms with Crippen molar-refractivity contribution in [2.75, 3.05) is 23.7 Å². The van der Waals surface area contributed by atoms with E-state index in [2.05, 4.69) is 31.2 Å². The van der Waals surface area contributed by atoms with Gasteiger partial charge in [0.2, 0.25) is 0 Å². The molecule has 2 aromatic heterocycles. The van der Waals surface area contributed by atoms with E-state index in [4.69, 9.17) is 0 Å². The summed E-state index contributed by atoms with van der Waals surface area (Å²) in [5.41, 5.74) is 1.15. The highest BCUT2D eigenvalue weighted by Crippen LogP contribution is 2.18. The number of carbonyl (C=O) groups is 2. The van der Waals surface area contributed by atoms with Crippen molar-refractivity contribution in [3.8, 4) is 0 Å². The Morgan fingerprint density at radius 1 is 1.03 bits per heavy atom. The fourth-order valence-corrected chi connectivity index (χ4v) is 3.19. The lowest BCUT2D eigenvalue weighted by molar-refractivity contribution is 0.101. The van der Waals surface area contributed by atoms with Crippen molar-refractivity contribution in [2.24, 2.45) is 0 Å². The van der Waals surface area contributed by atoms with E-state index < -0.39 is 0 Å². The van der Waals surface area contributed by atoms with Crippen LogP contribution in [0, 0.1) is 0 Å². The Bertz CT molecular complexity index is 997. The minimum atomic E-state index is -0.368. The van der Waals surface area contributed by atoms with Crippen LogP contribution in [0.1, 0.15) is 39.7 Å². The molecule has 9 nitrogen and oxygen atoms in total.